The Morgan fingerprint density at radius 3 is 2.10 bits per heavy atom. The zero-order valence-corrected chi connectivity index (χ0v) is 12.9. The van der Waals surface area contributed by atoms with Crippen LogP contribution in [0.3, 0.4) is 0 Å². The van der Waals surface area contributed by atoms with E-state index in [1.54, 1.807) is 0 Å². The SMILES string of the molecule is Cc1cc(C)c(C(=O)Nc2ccc(C)cc2Cl)c(C)c1. The topological polar surface area (TPSA) is 29.1 Å². The molecule has 0 aromatic heterocycles. The molecule has 0 unspecified atom stereocenters. The lowest BCUT2D eigenvalue weighted by molar-refractivity contribution is 0.102. The molecule has 0 aliphatic carbocycles. The van der Waals surface area contributed by atoms with Crippen molar-refractivity contribution in [2.45, 2.75) is 27.7 Å². The summed E-state index contributed by atoms with van der Waals surface area (Å²) >= 11 is 6.15. The molecule has 2 rings (SSSR count). The number of halogens is 1. The van der Waals surface area contributed by atoms with Crippen LogP contribution in [-0.2, 0) is 0 Å². The van der Waals surface area contributed by atoms with E-state index in [1.807, 2.05) is 58.0 Å². The van der Waals surface area contributed by atoms with Gasteiger partial charge in [-0.05, 0) is 56.5 Å². The van der Waals surface area contributed by atoms with Crippen LogP contribution in [0.25, 0.3) is 0 Å². The van der Waals surface area contributed by atoms with Gasteiger partial charge < -0.3 is 5.32 Å². The molecule has 0 saturated carbocycles. The smallest absolute Gasteiger partial charge is 0.256 e. The maximum Gasteiger partial charge on any atom is 0.256 e. The van der Waals surface area contributed by atoms with Gasteiger partial charge in [0.15, 0.2) is 0 Å². The lowest BCUT2D eigenvalue weighted by Gasteiger charge is -2.13. The minimum atomic E-state index is -0.120. The first-order valence-corrected chi connectivity index (χ1v) is 6.91. The van der Waals surface area contributed by atoms with E-state index in [0.29, 0.717) is 16.3 Å². The highest BCUT2D eigenvalue weighted by Crippen LogP contribution is 2.24. The molecule has 104 valence electrons. The fourth-order valence-electron chi connectivity index (χ4n) is 2.44. The van der Waals surface area contributed by atoms with Gasteiger partial charge in [-0.1, -0.05) is 35.4 Å². The molecule has 1 N–H and O–H groups in total. The first-order valence-electron chi connectivity index (χ1n) is 6.54. The van der Waals surface area contributed by atoms with Crippen LogP contribution in [0.4, 0.5) is 5.69 Å². The molecule has 2 aromatic carbocycles. The van der Waals surface area contributed by atoms with Crippen LogP contribution in [0, 0.1) is 27.7 Å². The van der Waals surface area contributed by atoms with Crippen LogP contribution in [0.1, 0.15) is 32.6 Å². The molecule has 0 aliphatic rings. The van der Waals surface area contributed by atoms with Gasteiger partial charge in [0.1, 0.15) is 0 Å². The van der Waals surface area contributed by atoms with E-state index in [-0.39, 0.29) is 5.91 Å². The Balaban J connectivity index is 2.33. The maximum atomic E-state index is 12.4. The molecule has 0 fully saturated rings. The minimum Gasteiger partial charge on any atom is -0.321 e. The average molecular weight is 288 g/mol. The van der Waals surface area contributed by atoms with Gasteiger partial charge in [0.05, 0.1) is 10.7 Å². The van der Waals surface area contributed by atoms with Gasteiger partial charge in [0, 0.05) is 5.56 Å². The number of benzene rings is 2. The minimum absolute atomic E-state index is 0.120. The molecule has 0 saturated heterocycles. The quantitative estimate of drug-likeness (QED) is 0.842. The molecule has 2 aromatic rings. The van der Waals surface area contributed by atoms with Gasteiger partial charge in [-0.2, -0.15) is 0 Å². The number of hydrogen-bond acceptors (Lipinski definition) is 1. The maximum absolute atomic E-state index is 12.4. The molecule has 0 aliphatic heterocycles. The molecule has 2 nitrogen and oxygen atoms in total. The second kappa shape index (κ2) is 5.68. The van der Waals surface area contributed by atoms with Crippen molar-refractivity contribution in [3.05, 3.63) is 63.2 Å². The lowest BCUT2D eigenvalue weighted by atomic mass is 9.99. The van der Waals surface area contributed by atoms with Crippen molar-refractivity contribution in [1.29, 1.82) is 0 Å². The van der Waals surface area contributed by atoms with Crippen molar-refractivity contribution < 1.29 is 4.79 Å². The van der Waals surface area contributed by atoms with E-state index < -0.39 is 0 Å². The summed E-state index contributed by atoms with van der Waals surface area (Å²) in [4.78, 5) is 12.4. The zero-order valence-electron chi connectivity index (χ0n) is 12.2. The van der Waals surface area contributed by atoms with Crippen LogP contribution >= 0.6 is 11.6 Å². The molecule has 0 spiro atoms. The summed E-state index contributed by atoms with van der Waals surface area (Å²) in [5, 5.41) is 3.44. The van der Waals surface area contributed by atoms with Gasteiger partial charge in [-0.3, -0.25) is 4.79 Å². The third-order valence-electron chi connectivity index (χ3n) is 3.28. The first kappa shape index (κ1) is 14.6. The number of hydrogen-bond donors (Lipinski definition) is 1. The Labute approximate surface area is 124 Å². The Bertz CT molecular complexity index is 654. The number of aryl methyl sites for hydroxylation is 4. The Kier molecular flexibility index (Phi) is 4.15. The monoisotopic (exact) mass is 287 g/mol. The van der Waals surface area contributed by atoms with E-state index in [0.717, 1.165) is 22.3 Å². The van der Waals surface area contributed by atoms with E-state index in [4.69, 9.17) is 11.6 Å². The molecule has 0 atom stereocenters. The van der Waals surface area contributed by atoms with Crippen LogP contribution in [-0.4, -0.2) is 5.91 Å². The number of anilines is 1. The van der Waals surface area contributed by atoms with E-state index in [9.17, 15) is 4.79 Å². The van der Waals surface area contributed by atoms with E-state index in [2.05, 4.69) is 5.32 Å². The molecular formula is C17H18ClNO. The molecule has 1 amide bonds. The summed E-state index contributed by atoms with van der Waals surface area (Å²) in [7, 11) is 0. The lowest BCUT2D eigenvalue weighted by Crippen LogP contribution is -2.15. The molecular weight excluding hydrogens is 270 g/mol. The van der Waals surface area contributed by atoms with Crippen LogP contribution in [0.2, 0.25) is 5.02 Å². The number of carbonyl (C=O) groups is 1. The number of rotatable bonds is 2. The summed E-state index contributed by atoms with van der Waals surface area (Å²) < 4.78 is 0. The molecule has 0 radical (unpaired) electrons. The molecule has 0 bridgehead atoms. The van der Waals surface area contributed by atoms with Crippen molar-refractivity contribution in [3.63, 3.8) is 0 Å². The predicted molar refractivity (Wildman–Crippen MR) is 84.8 cm³/mol. The third kappa shape index (κ3) is 3.02. The van der Waals surface area contributed by atoms with Gasteiger partial charge in [0.2, 0.25) is 0 Å². The standard InChI is InChI=1S/C17H18ClNO/c1-10-5-6-15(14(18)9-10)19-17(20)16-12(3)7-11(2)8-13(16)4/h5-9H,1-4H3,(H,19,20). The first-order chi connectivity index (χ1) is 9.38. The van der Waals surface area contributed by atoms with Crippen LogP contribution in [0.15, 0.2) is 30.3 Å². The number of amides is 1. The van der Waals surface area contributed by atoms with Crippen molar-refractivity contribution >= 4 is 23.2 Å². The Morgan fingerprint density at radius 2 is 1.55 bits per heavy atom. The Hall–Kier alpha value is -1.80. The predicted octanol–water partition coefficient (Wildman–Crippen LogP) is 4.83. The van der Waals surface area contributed by atoms with Crippen molar-refractivity contribution in [1.82, 2.24) is 0 Å². The van der Waals surface area contributed by atoms with E-state index >= 15 is 0 Å². The van der Waals surface area contributed by atoms with Gasteiger partial charge in [-0.25, -0.2) is 0 Å². The summed E-state index contributed by atoms with van der Waals surface area (Å²) in [6, 6.07) is 9.62. The van der Waals surface area contributed by atoms with Crippen molar-refractivity contribution in [3.8, 4) is 0 Å². The summed E-state index contributed by atoms with van der Waals surface area (Å²) in [6.07, 6.45) is 0. The second-order valence-electron chi connectivity index (χ2n) is 5.21. The highest BCUT2D eigenvalue weighted by molar-refractivity contribution is 6.34. The highest BCUT2D eigenvalue weighted by atomic mass is 35.5. The fraction of sp³-hybridized carbons (Fsp3) is 0.235. The van der Waals surface area contributed by atoms with Crippen LogP contribution < -0.4 is 5.32 Å². The van der Waals surface area contributed by atoms with Crippen LogP contribution in [0.5, 0.6) is 0 Å². The summed E-state index contributed by atoms with van der Waals surface area (Å²) in [5.41, 5.74) is 5.53. The Morgan fingerprint density at radius 1 is 0.950 bits per heavy atom. The zero-order chi connectivity index (χ0) is 14.9. The summed E-state index contributed by atoms with van der Waals surface area (Å²) in [5.74, 6) is -0.120. The van der Waals surface area contributed by atoms with Gasteiger partial charge >= 0.3 is 0 Å². The van der Waals surface area contributed by atoms with Gasteiger partial charge in [-0.15, -0.1) is 0 Å². The second-order valence-corrected chi connectivity index (χ2v) is 5.62. The third-order valence-corrected chi connectivity index (χ3v) is 3.59. The average Bonchev–Trinajstić information content (AvgIpc) is 2.31. The summed E-state index contributed by atoms with van der Waals surface area (Å²) in [6.45, 7) is 7.89. The normalized spacial score (nSPS) is 10.4. The van der Waals surface area contributed by atoms with Crippen molar-refractivity contribution in [2.24, 2.45) is 0 Å². The number of carbonyl (C=O) groups excluding carboxylic acids is 1. The molecule has 0 heterocycles. The fourth-order valence-corrected chi connectivity index (χ4v) is 2.73. The number of nitrogens with one attached hydrogen (secondary N) is 1. The van der Waals surface area contributed by atoms with Crippen molar-refractivity contribution in [2.75, 3.05) is 5.32 Å². The van der Waals surface area contributed by atoms with E-state index in [1.165, 1.54) is 0 Å². The van der Waals surface area contributed by atoms with Gasteiger partial charge in [0.25, 0.3) is 5.91 Å². The molecule has 3 heteroatoms. The largest absolute Gasteiger partial charge is 0.321 e. The highest BCUT2D eigenvalue weighted by Gasteiger charge is 2.14. The molecule has 20 heavy (non-hydrogen) atoms.